The molecule has 0 fully saturated rings. The molecule has 0 atom stereocenters. The van der Waals surface area contributed by atoms with Crippen LogP contribution in [0.1, 0.15) is 12.0 Å². The van der Waals surface area contributed by atoms with E-state index in [4.69, 9.17) is 18.9 Å². The van der Waals surface area contributed by atoms with E-state index in [0.29, 0.717) is 36.7 Å². The third-order valence-electron chi connectivity index (χ3n) is 5.00. The van der Waals surface area contributed by atoms with Gasteiger partial charge >= 0.3 is 0 Å². The van der Waals surface area contributed by atoms with E-state index in [2.05, 4.69) is 9.88 Å². The van der Waals surface area contributed by atoms with Crippen molar-refractivity contribution in [1.29, 1.82) is 0 Å². The fraction of sp³-hybridized carbons (Fsp3) is 0.348. The Morgan fingerprint density at radius 2 is 1.77 bits per heavy atom. The molecule has 0 aliphatic carbocycles. The van der Waals surface area contributed by atoms with Gasteiger partial charge in [-0.3, -0.25) is 4.79 Å². The summed E-state index contributed by atoms with van der Waals surface area (Å²) in [5.41, 5.74) is 2.77. The summed E-state index contributed by atoms with van der Waals surface area (Å²) < 4.78 is 23.5. The second-order valence-electron chi connectivity index (χ2n) is 6.82. The van der Waals surface area contributed by atoms with Crippen LogP contribution in [-0.4, -0.2) is 45.5 Å². The number of nitrogens with one attached hydrogen (secondary N) is 1. The lowest BCUT2D eigenvalue weighted by atomic mass is 10.1. The molecule has 1 heterocycles. The second kappa shape index (κ2) is 10.0. The number of carbonyl (C=O) groups excluding carboxylic acids is 1. The summed E-state index contributed by atoms with van der Waals surface area (Å²) in [6.45, 7) is 1.45. The van der Waals surface area contributed by atoms with Gasteiger partial charge in [-0.05, 0) is 42.3 Å². The van der Waals surface area contributed by atoms with Gasteiger partial charge in [-0.25, -0.2) is 0 Å². The van der Waals surface area contributed by atoms with Crippen molar-refractivity contribution >= 4 is 22.5 Å². The fourth-order valence-corrected chi connectivity index (χ4v) is 3.49. The van der Waals surface area contributed by atoms with E-state index in [-0.39, 0.29) is 5.91 Å². The number of hydrogen-bond acceptors (Lipinski definition) is 5. The number of ether oxygens (including phenoxy) is 4. The van der Waals surface area contributed by atoms with Crippen LogP contribution >= 0.6 is 0 Å². The Kier molecular flexibility index (Phi) is 7.19. The van der Waals surface area contributed by atoms with Gasteiger partial charge in [-0.15, -0.1) is 0 Å². The van der Waals surface area contributed by atoms with Crippen LogP contribution in [-0.2, 0) is 22.5 Å². The highest BCUT2D eigenvalue weighted by Gasteiger charge is 2.16. The van der Waals surface area contributed by atoms with Gasteiger partial charge in [0, 0.05) is 42.9 Å². The van der Waals surface area contributed by atoms with Crippen LogP contribution in [0.15, 0.2) is 42.6 Å². The smallest absolute Gasteiger partial charge is 0.224 e. The van der Waals surface area contributed by atoms with Crippen molar-refractivity contribution in [2.45, 2.75) is 19.4 Å². The maximum Gasteiger partial charge on any atom is 0.224 e. The zero-order chi connectivity index (χ0) is 21.5. The van der Waals surface area contributed by atoms with Crippen molar-refractivity contribution in [3.8, 4) is 17.2 Å². The third-order valence-corrected chi connectivity index (χ3v) is 5.00. The van der Waals surface area contributed by atoms with Crippen molar-refractivity contribution in [2.24, 2.45) is 0 Å². The molecule has 7 heteroatoms. The molecule has 0 saturated carbocycles. The number of anilines is 1. The minimum atomic E-state index is -0.0648. The number of rotatable bonds is 10. The SMILES string of the molecule is COCCn1ccc2cc(NC(=O)CCc3ccc(OC)c(OC)c3OC)ccc21. The topological polar surface area (TPSA) is 71.0 Å². The van der Waals surface area contributed by atoms with E-state index < -0.39 is 0 Å². The molecule has 7 nitrogen and oxygen atoms in total. The average molecular weight is 412 g/mol. The van der Waals surface area contributed by atoms with Gasteiger partial charge in [-0.2, -0.15) is 0 Å². The molecule has 2 aromatic carbocycles. The monoisotopic (exact) mass is 412 g/mol. The average Bonchev–Trinajstić information content (AvgIpc) is 3.17. The highest BCUT2D eigenvalue weighted by Crippen LogP contribution is 2.40. The van der Waals surface area contributed by atoms with E-state index in [1.54, 1.807) is 28.4 Å². The van der Waals surface area contributed by atoms with Crippen LogP contribution in [0.4, 0.5) is 5.69 Å². The van der Waals surface area contributed by atoms with Crippen LogP contribution in [0.5, 0.6) is 17.2 Å². The predicted octanol–water partition coefficient (Wildman–Crippen LogP) is 3.88. The molecule has 1 amide bonds. The molecule has 0 spiro atoms. The van der Waals surface area contributed by atoms with Gasteiger partial charge < -0.3 is 28.8 Å². The van der Waals surface area contributed by atoms with E-state index in [1.807, 2.05) is 42.6 Å². The van der Waals surface area contributed by atoms with Crippen molar-refractivity contribution in [1.82, 2.24) is 4.57 Å². The van der Waals surface area contributed by atoms with E-state index in [0.717, 1.165) is 28.7 Å². The van der Waals surface area contributed by atoms with E-state index >= 15 is 0 Å². The Morgan fingerprint density at radius 3 is 2.47 bits per heavy atom. The first-order valence-electron chi connectivity index (χ1n) is 9.76. The fourth-order valence-electron chi connectivity index (χ4n) is 3.49. The largest absolute Gasteiger partial charge is 0.493 e. The molecular weight excluding hydrogens is 384 g/mol. The Labute approximate surface area is 176 Å². The Morgan fingerprint density at radius 1 is 0.967 bits per heavy atom. The number of carbonyl (C=O) groups is 1. The summed E-state index contributed by atoms with van der Waals surface area (Å²) in [7, 11) is 6.41. The molecule has 0 bridgehead atoms. The minimum Gasteiger partial charge on any atom is -0.493 e. The highest BCUT2D eigenvalue weighted by atomic mass is 16.5. The Balaban J connectivity index is 1.66. The predicted molar refractivity (Wildman–Crippen MR) is 117 cm³/mol. The number of aromatic nitrogens is 1. The molecule has 160 valence electrons. The quantitative estimate of drug-likeness (QED) is 0.547. The standard InChI is InChI=1S/C23H28N2O5/c1-27-14-13-25-12-11-17-15-18(7-8-19(17)25)24-21(26)10-6-16-5-9-20(28-2)23(30-4)22(16)29-3/h5,7-9,11-12,15H,6,10,13-14H2,1-4H3,(H,24,26). The summed E-state index contributed by atoms with van der Waals surface area (Å²) in [6, 6.07) is 11.7. The lowest BCUT2D eigenvalue weighted by molar-refractivity contribution is -0.116. The van der Waals surface area contributed by atoms with Crippen molar-refractivity contribution in [3.63, 3.8) is 0 Å². The number of benzene rings is 2. The van der Waals surface area contributed by atoms with E-state index in [1.165, 1.54) is 0 Å². The van der Waals surface area contributed by atoms with Crippen molar-refractivity contribution in [2.75, 3.05) is 40.4 Å². The molecule has 0 radical (unpaired) electrons. The molecule has 3 aromatic rings. The van der Waals surface area contributed by atoms with Crippen LogP contribution in [0, 0.1) is 0 Å². The van der Waals surface area contributed by atoms with Crippen LogP contribution in [0.2, 0.25) is 0 Å². The molecule has 0 saturated heterocycles. The maximum absolute atomic E-state index is 12.5. The summed E-state index contributed by atoms with van der Waals surface area (Å²) in [6.07, 6.45) is 2.86. The summed E-state index contributed by atoms with van der Waals surface area (Å²) >= 11 is 0. The number of amides is 1. The molecular formula is C23H28N2O5. The lowest BCUT2D eigenvalue weighted by Crippen LogP contribution is -2.12. The second-order valence-corrected chi connectivity index (χ2v) is 6.82. The molecule has 0 aliphatic rings. The number of fused-ring (bicyclic) bond motifs is 1. The van der Waals surface area contributed by atoms with Gasteiger partial charge in [0.2, 0.25) is 11.7 Å². The molecule has 1 aromatic heterocycles. The maximum atomic E-state index is 12.5. The molecule has 1 N–H and O–H groups in total. The highest BCUT2D eigenvalue weighted by molar-refractivity contribution is 5.94. The number of aryl methyl sites for hydroxylation is 1. The van der Waals surface area contributed by atoms with Crippen LogP contribution in [0.3, 0.4) is 0 Å². The Hall–Kier alpha value is -3.19. The Bertz CT molecular complexity index is 1010. The lowest BCUT2D eigenvalue weighted by Gasteiger charge is -2.15. The van der Waals surface area contributed by atoms with Crippen molar-refractivity contribution in [3.05, 3.63) is 48.2 Å². The van der Waals surface area contributed by atoms with Crippen molar-refractivity contribution < 1.29 is 23.7 Å². The molecule has 0 aliphatic heterocycles. The van der Waals surface area contributed by atoms with Gasteiger partial charge in [0.25, 0.3) is 0 Å². The molecule has 3 rings (SSSR count). The number of nitrogens with zero attached hydrogens (tertiary/aromatic N) is 1. The van der Waals surface area contributed by atoms with Crippen LogP contribution < -0.4 is 19.5 Å². The molecule has 0 unspecified atom stereocenters. The van der Waals surface area contributed by atoms with E-state index in [9.17, 15) is 4.79 Å². The van der Waals surface area contributed by atoms with Gasteiger partial charge in [-0.1, -0.05) is 6.07 Å². The third kappa shape index (κ3) is 4.68. The first kappa shape index (κ1) is 21.5. The zero-order valence-corrected chi connectivity index (χ0v) is 17.9. The first-order valence-corrected chi connectivity index (χ1v) is 9.76. The number of hydrogen-bond donors (Lipinski definition) is 1. The summed E-state index contributed by atoms with van der Waals surface area (Å²) in [4.78, 5) is 12.5. The summed E-state index contributed by atoms with van der Waals surface area (Å²) in [5.74, 6) is 1.64. The summed E-state index contributed by atoms with van der Waals surface area (Å²) in [5, 5.41) is 4.05. The zero-order valence-electron chi connectivity index (χ0n) is 17.9. The van der Waals surface area contributed by atoms with Gasteiger partial charge in [0.1, 0.15) is 0 Å². The molecule has 30 heavy (non-hydrogen) atoms. The van der Waals surface area contributed by atoms with Gasteiger partial charge in [0.05, 0.1) is 27.9 Å². The minimum absolute atomic E-state index is 0.0648. The number of methoxy groups -OCH3 is 4. The normalized spacial score (nSPS) is 10.8. The van der Waals surface area contributed by atoms with Crippen LogP contribution in [0.25, 0.3) is 10.9 Å². The first-order chi connectivity index (χ1) is 14.6. The van der Waals surface area contributed by atoms with Gasteiger partial charge in [0.15, 0.2) is 11.5 Å².